The minimum Gasteiger partial charge on any atom is -0.399 e. The van der Waals surface area contributed by atoms with Crippen LogP contribution >= 0.6 is 0 Å². The summed E-state index contributed by atoms with van der Waals surface area (Å²) in [5.74, 6) is 0.528. The summed E-state index contributed by atoms with van der Waals surface area (Å²) in [6.45, 7) is 5.20. The predicted octanol–water partition coefficient (Wildman–Crippen LogP) is 1.43. The maximum absolute atomic E-state index is 5.61. The van der Waals surface area contributed by atoms with E-state index in [0.29, 0.717) is 12.0 Å². The molecule has 1 saturated carbocycles. The quantitative estimate of drug-likeness (QED) is 0.556. The minimum atomic E-state index is 0.0944. The second-order valence-corrected chi connectivity index (χ2v) is 4.07. The highest BCUT2D eigenvalue weighted by Gasteiger charge is 2.57. The van der Waals surface area contributed by atoms with E-state index in [0.717, 1.165) is 13.0 Å². The molecule has 1 aliphatic heterocycles. The average molecular weight is 169 g/mol. The lowest BCUT2D eigenvalue weighted by atomic mass is 9.60. The van der Waals surface area contributed by atoms with Gasteiger partial charge in [0, 0.05) is 17.9 Å². The van der Waals surface area contributed by atoms with Crippen LogP contribution in [0.1, 0.15) is 20.3 Å². The van der Waals surface area contributed by atoms with Crippen molar-refractivity contribution >= 4 is 5.71 Å². The molecule has 0 aromatic rings. The lowest BCUT2D eigenvalue weighted by molar-refractivity contribution is 0.00617. The Morgan fingerprint density at radius 1 is 1.58 bits per heavy atom. The second kappa shape index (κ2) is 2.46. The van der Waals surface area contributed by atoms with E-state index in [2.05, 4.69) is 19.0 Å². The zero-order valence-corrected chi connectivity index (χ0v) is 7.83. The van der Waals surface area contributed by atoms with Gasteiger partial charge in [-0.25, -0.2) is 0 Å². The molecule has 2 fully saturated rings. The maximum Gasteiger partial charge on any atom is 0.106 e. The van der Waals surface area contributed by atoms with Gasteiger partial charge in [0.1, 0.15) is 7.11 Å². The first-order chi connectivity index (χ1) is 5.68. The first-order valence-electron chi connectivity index (χ1n) is 4.41. The van der Waals surface area contributed by atoms with Crippen molar-refractivity contribution in [3.05, 3.63) is 0 Å². The molecule has 0 N–H and O–H groups in total. The lowest BCUT2D eigenvalue weighted by Crippen LogP contribution is -2.56. The molecule has 0 amide bonds. The largest absolute Gasteiger partial charge is 0.399 e. The molecule has 1 heterocycles. The second-order valence-electron chi connectivity index (χ2n) is 4.07. The summed E-state index contributed by atoms with van der Waals surface area (Å²) in [7, 11) is 1.60. The zero-order chi connectivity index (χ0) is 8.77. The number of ether oxygens (including phenoxy) is 1. The van der Waals surface area contributed by atoms with Crippen LogP contribution in [0.4, 0.5) is 0 Å². The maximum atomic E-state index is 5.61. The van der Waals surface area contributed by atoms with Gasteiger partial charge in [0.05, 0.1) is 11.8 Å². The van der Waals surface area contributed by atoms with Gasteiger partial charge < -0.3 is 9.57 Å². The van der Waals surface area contributed by atoms with Gasteiger partial charge >= 0.3 is 0 Å². The summed E-state index contributed by atoms with van der Waals surface area (Å²) < 4.78 is 5.61. The van der Waals surface area contributed by atoms with Crippen molar-refractivity contribution in [2.75, 3.05) is 13.7 Å². The molecule has 0 spiro atoms. The number of oxime groups is 1. The van der Waals surface area contributed by atoms with Gasteiger partial charge in [-0.1, -0.05) is 19.0 Å². The van der Waals surface area contributed by atoms with Crippen molar-refractivity contribution in [2.24, 2.45) is 16.5 Å². The fourth-order valence-corrected chi connectivity index (χ4v) is 2.39. The first kappa shape index (κ1) is 8.05. The molecule has 2 unspecified atom stereocenters. The van der Waals surface area contributed by atoms with Crippen LogP contribution in [0.2, 0.25) is 0 Å². The zero-order valence-electron chi connectivity index (χ0n) is 7.83. The fourth-order valence-electron chi connectivity index (χ4n) is 2.39. The van der Waals surface area contributed by atoms with Crippen molar-refractivity contribution in [3.63, 3.8) is 0 Å². The van der Waals surface area contributed by atoms with Crippen LogP contribution in [0, 0.1) is 11.3 Å². The molecule has 3 heteroatoms. The summed E-state index contributed by atoms with van der Waals surface area (Å²) in [4.78, 5) is 4.82. The average Bonchev–Trinajstić information content (AvgIpc) is 2.46. The van der Waals surface area contributed by atoms with Gasteiger partial charge in [-0.05, 0) is 6.42 Å². The van der Waals surface area contributed by atoms with Gasteiger partial charge in [0.15, 0.2) is 0 Å². The highest BCUT2D eigenvalue weighted by atomic mass is 16.6. The smallest absolute Gasteiger partial charge is 0.106 e. The summed E-state index contributed by atoms with van der Waals surface area (Å²) in [5, 5.41) is 4.06. The molecule has 12 heavy (non-hydrogen) atoms. The molecule has 2 rings (SSSR count). The van der Waals surface area contributed by atoms with Crippen molar-refractivity contribution in [2.45, 2.75) is 26.4 Å². The van der Waals surface area contributed by atoms with Crippen LogP contribution in [0.25, 0.3) is 0 Å². The molecule has 1 saturated heterocycles. The predicted molar refractivity (Wildman–Crippen MR) is 46.1 cm³/mol. The summed E-state index contributed by atoms with van der Waals surface area (Å²) in [5.41, 5.74) is 1.27. The van der Waals surface area contributed by atoms with E-state index >= 15 is 0 Å². The van der Waals surface area contributed by atoms with Crippen molar-refractivity contribution < 1.29 is 9.57 Å². The van der Waals surface area contributed by atoms with Crippen LogP contribution in [0.5, 0.6) is 0 Å². The van der Waals surface area contributed by atoms with Crippen LogP contribution in [0.15, 0.2) is 5.16 Å². The van der Waals surface area contributed by atoms with E-state index in [1.807, 2.05) is 0 Å². The van der Waals surface area contributed by atoms with Crippen molar-refractivity contribution in [1.82, 2.24) is 0 Å². The number of nitrogens with zero attached hydrogens (tertiary/aromatic N) is 1. The van der Waals surface area contributed by atoms with Gasteiger partial charge in [0.2, 0.25) is 0 Å². The van der Waals surface area contributed by atoms with Gasteiger partial charge in [-0.15, -0.1) is 0 Å². The van der Waals surface area contributed by atoms with Gasteiger partial charge in [0.25, 0.3) is 0 Å². The molecule has 1 aliphatic carbocycles. The van der Waals surface area contributed by atoms with E-state index in [-0.39, 0.29) is 5.41 Å². The third-order valence-corrected chi connectivity index (χ3v) is 3.00. The minimum absolute atomic E-state index is 0.0944. The van der Waals surface area contributed by atoms with Gasteiger partial charge in [-0.2, -0.15) is 0 Å². The van der Waals surface area contributed by atoms with Crippen LogP contribution < -0.4 is 0 Å². The van der Waals surface area contributed by atoms with Crippen molar-refractivity contribution in [1.29, 1.82) is 0 Å². The highest BCUT2D eigenvalue weighted by Crippen LogP contribution is 2.49. The molecular weight excluding hydrogens is 154 g/mol. The molecule has 2 aliphatic rings. The number of fused-ring (bicyclic) bond motifs is 1. The number of hydrogen-bond donors (Lipinski definition) is 0. The molecule has 0 bridgehead atoms. The van der Waals surface area contributed by atoms with Crippen molar-refractivity contribution in [3.8, 4) is 0 Å². The summed E-state index contributed by atoms with van der Waals surface area (Å²) in [6, 6.07) is 0. The molecule has 3 nitrogen and oxygen atoms in total. The Bertz CT molecular complexity index is 223. The summed E-state index contributed by atoms with van der Waals surface area (Å²) >= 11 is 0. The van der Waals surface area contributed by atoms with Gasteiger partial charge in [-0.3, -0.25) is 0 Å². The summed E-state index contributed by atoms with van der Waals surface area (Å²) in [6.07, 6.45) is 1.49. The molecule has 68 valence electrons. The Labute approximate surface area is 72.7 Å². The van der Waals surface area contributed by atoms with E-state index in [9.17, 15) is 0 Å². The van der Waals surface area contributed by atoms with E-state index in [4.69, 9.17) is 9.57 Å². The fraction of sp³-hybridized carbons (Fsp3) is 0.889. The third-order valence-electron chi connectivity index (χ3n) is 3.00. The Morgan fingerprint density at radius 2 is 2.33 bits per heavy atom. The van der Waals surface area contributed by atoms with E-state index < -0.39 is 0 Å². The Kier molecular flexibility index (Phi) is 1.65. The number of rotatable bonds is 1. The number of hydrogen-bond acceptors (Lipinski definition) is 3. The Balaban J connectivity index is 2.20. The van der Waals surface area contributed by atoms with Crippen LogP contribution in [-0.4, -0.2) is 25.5 Å². The van der Waals surface area contributed by atoms with E-state index in [1.54, 1.807) is 7.11 Å². The third kappa shape index (κ3) is 0.829. The molecular formula is C9H15NO2. The Morgan fingerprint density at radius 3 is 3.00 bits per heavy atom. The monoisotopic (exact) mass is 169 g/mol. The van der Waals surface area contributed by atoms with E-state index in [1.165, 1.54) is 5.71 Å². The molecule has 0 radical (unpaired) electrons. The molecule has 0 aromatic heterocycles. The van der Waals surface area contributed by atoms with Crippen LogP contribution in [-0.2, 0) is 9.57 Å². The first-order valence-corrected chi connectivity index (χ1v) is 4.41. The Hall–Kier alpha value is -0.570. The highest BCUT2D eigenvalue weighted by molar-refractivity contribution is 5.98. The molecule has 0 aromatic carbocycles. The standard InChI is InChI=1S/C9H15NO2/c1-9(2)7(10-11-3)6-4-5-12-8(6)9/h6,8H,4-5H2,1-3H3/b10-7-. The lowest BCUT2D eigenvalue weighted by Gasteiger charge is -2.47. The topological polar surface area (TPSA) is 30.8 Å². The SMILES string of the molecule is CO/N=C1/C2CCOC2C1(C)C. The molecule has 2 atom stereocenters. The normalized spacial score (nSPS) is 40.8. The van der Waals surface area contributed by atoms with Crippen LogP contribution in [0.3, 0.4) is 0 Å².